The third-order valence-corrected chi connectivity index (χ3v) is 7.19. The molecule has 0 bridgehead atoms. The summed E-state index contributed by atoms with van der Waals surface area (Å²) >= 11 is 0. The Balaban J connectivity index is 1.27. The van der Waals surface area contributed by atoms with Gasteiger partial charge in [-0.1, -0.05) is 72.3 Å². The second kappa shape index (κ2) is 13.5. The predicted molar refractivity (Wildman–Crippen MR) is 172 cm³/mol. The summed E-state index contributed by atoms with van der Waals surface area (Å²) < 4.78 is 10.8. The summed E-state index contributed by atoms with van der Waals surface area (Å²) in [6.07, 6.45) is 0. The summed E-state index contributed by atoms with van der Waals surface area (Å²) in [6.45, 7) is 2.21. The van der Waals surface area contributed by atoms with Crippen LogP contribution in [0, 0.1) is 6.92 Å². The highest BCUT2D eigenvalue weighted by Gasteiger charge is 2.18. The highest BCUT2D eigenvalue weighted by Crippen LogP contribution is 2.30. The van der Waals surface area contributed by atoms with Crippen LogP contribution in [0.2, 0.25) is 0 Å². The highest BCUT2D eigenvalue weighted by molar-refractivity contribution is 6.10. The van der Waals surface area contributed by atoms with Crippen molar-refractivity contribution in [2.24, 2.45) is 0 Å². The molecule has 7 heteroatoms. The van der Waals surface area contributed by atoms with Crippen LogP contribution in [0.4, 0.5) is 11.4 Å². The molecular weight excluding hydrogens is 552 g/mol. The van der Waals surface area contributed by atoms with E-state index in [0.717, 1.165) is 22.3 Å². The minimum atomic E-state index is -0.401. The summed E-state index contributed by atoms with van der Waals surface area (Å²) in [5.41, 5.74) is 6.33. The van der Waals surface area contributed by atoms with Gasteiger partial charge in [-0.05, 0) is 78.2 Å². The Kier molecular flexibility index (Phi) is 9.16. The maximum Gasteiger partial charge on any atom is 0.337 e. The van der Waals surface area contributed by atoms with E-state index < -0.39 is 5.97 Å². The lowest BCUT2D eigenvalue weighted by Gasteiger charge is -2.21. The molecule has 5 aromatic rings. The number of hydrogen-bond donors (Lipinski definition) is 1. The van der Waals surface area contributed by atoms with Crippen LogP contribution in [0.3, 0.4) is 0 Å². The number of amides is 2. The topological polar surface area (TPSA) is 84.9 Å². The van der Waals surface area contributed by atoms with Crippen molar-refractivity contribution in [3.05, 3.63) is 149 Å². The van der Waals surface area contributed by atoms with Crippen molar-refractivity contribution in [2.45, 2.75) is 13.5 Å². The number of para-hydroxylation sites is 2. The lowest BCUT2D eigenvalue weighted by molar-refractivity contribution is 0.0600. The minimum Gasteiger partial charge on any atom is -0.487 e. The summed E-state index contributed by atoms with van der Waals surface area (Å²) in [6, 6.07) is 36.7. The lowest BCUT2D eigenvalue weighted by Crippen LogP contribution is -2.26. The predicted octanol–water partition coefficient (Wildman–Crippen LogP) is 7.56. The van der Waals surface area contributed by atoms with Crippen LogP contribution in [-0.4, -0.2) is 31.9 Å². The third-order valence-electron chi connectivity index (χ3n) is 7.19. The van der Waals surface area contributed by atoms with Gasteiger partial charge in [-0.25, -0.2) is 4.79 Å². The van der Waals surface area contributed by atoms with Gasteiger partial charge in [0.05, 0.1) is 18.4 Å². The number of benzene rings is 5. The van der Waals surface area contributed by atoms with E-state index in [-0.39, 0.29) is 18.4 Å². The van der Waals surface area contributed by atoms with Crippen molar-refractivity contribution < 1.29 is 23.9 Å². The molecule has 7 nitrogen and oxygen atoms in total. The number of ether oxygens (including phenoxy) is 2. The van der Waals surface area contributed by atoms with Crippen molar-refractivity contribution >= 4 is 29.2 Å². The van der Waals surface area contributed by atoms with E-state index in [2.05, 4.69) is 5.32 Å². The highest BCUT2D eigenvalue weighted by atomic mass is 16.5. The summed E-state index contributed by atoms with van der Waals surface area (Å²) in [5.74, 6) is -0.320. The van der Waals surface area contributed by atoms with Crippen LogP contribution in [0.15, 0.2) is 121 Å². The zero-order valence-corrected chi connectivity index (χ0v) is 24.7. The molecule has 0 saturated carbocycles. The maximum atomic E-state index is 13.4. The number of rotatable bonds is 9. The molecule has 44 heavy (non-hydrogen) atoms. The second-order valence-electron chi connectivity index (χ2n) is 10.3. The number of hydrogen-bond acceptors (Lipinski definition) is 5. The zero-order valence-electron chi connectivity index (χ0n) is 24.7. The fourth-order valence-corrected chi connectivity index (χ4v) is 4.79. The molecule has 5 aromatic carbocycles. The average Bonchev–Trinajstić information content (AvgIpc) is 3.07. The number of aryl methyl sites for hydroxylation is 1. The number of esters is 1. The molecule has 1 N–H and O–H groups in total. The first kappa shape index (κ1) is 29.8. The van der Waals surface area contributed by atoms with E-state index in [1.54, 1.807) is 61.6 Å². The molecule has 0 aliphatic carbocycles. The number of nitrogens with one attached hydrogen (secondary N) is 1. The Hall–Kier alpha value is -5.69. The van der Waals surface area contributed by atoms with Gasteiger partial charge in [0.25, 0.3) is 11.8 Å². The molecule has 0 saturated heterocycles. The number of carbonyl (C=O) groups excluding carboxylic acids is 3. The van der Waals surface area contributed by atoms with Gasteiger partial charge in [-0.15, -0.1) is 0 Å². The number of carbonyl (C=O) groups is 3. The van der Waals surface area contributed by atoms with Crippen LogP contribution in [0.25, 0.3) is 11.1 Å². The molecule has 0 heterocycles. The minimum absolute atomic E-state index is 0.227. The maximum absolute atomic E-state index is 13.4. The molecule has 220 valence electrons. The smallest absolute Gasteiger partial charge is 0.337 e. The van der Waals surface area contributed by atoms with Gasteiger partial charge in [-0.2, -0.15) is 0 Å². The average molecular weight is 585 g/mol. The Morgan fingerprint density at radius 3 is 2.11 bits per heavy atom. The lowest BCUT2D eigenvalue weighted by atomic mass is 9.97. The van der Waals surface area contributed by atoms with Crippen LogP contribution in [0.5, 0.6) is 5.75 Å². The van der Waals surface area contributed by atoms with Crippen LogP contribution >= 0.6 is 0 Å². The molecule has 0 atom stereocenters. The van der Waals surface area contributed by atoms with Crippen molar-refractivity contribution in [1.29, 1.82) is 0 Å². The third kappa shape index (κ3) is 6.85. The first-order chi connectivity index (χ1) is 21.3. The van der Waals surface area contributed by atoms with Crippen molar-refractivity contribution in [1.82, 2.24) is 0 Å². The molecule has 2 amide bonds. The molecular formula is C37H32N2O5. The van der Waals surface area contributed by atoms with Gasteiger partial charge in [-0.3, -0.25) is 9.59 Å². The summed E-state index contributed by atoms with van der Waals surface area (Å²) in [7, 11) is 3.03. The van der Waals surface area contributed by atoms with Crippen LogP contribution < -0.4 is 15.0 Å². The van der Waals surface area contributed by atoms with E-state index >= 15 is 0 Å². The van der Waals surface area contributed by atoms with E-state index in [1.807, 2.05) is 73.7 Å². The molecule has 0 spiro atoms. The molecule has 0 aromatic heterocycles. The molecule has 0 radical (unpaired) electrons. The first-order valence-electron chi connectivity index (χ1n) is 14.1. The number of methoxy groups -OCH3 is 1. The van der Waals surface area contributed by atoms with Gasteiger partial charge in [0.2, 0.25) is 0 Å². The zero-order chi connectivity index (χ0) is 31.1. The standard InChI is InChI=1S/C37H32N2O5/c1-25-13-22-31(27-9-5-4-6-10-27)32(23-25)35(40)38-30-20-18-28(19-21-30)36(41)39(2)33-11-7-8-12-34(33)44-24-26-14-16-29(17-15-26)37(42)43-3/h4-23H,24H2,1-3H3,(H,38,40). The Morgan fingerprint density at radius 1 is 0.750 bits per heavy atom. The fraction of sp³-hybridized carbons (Fsp3) is 0.108. The Morgan fingerprint density at radius 2 is 1.41 bits per heavy atom. The van der Waals surface area contributed by atoms with E-state index in [0.29, 0.717) is 33.8 Å². The van der Waals surface area contributed by atoms with Gasteiger partial charge in [0.15, 0.2) is 0 Å². The molecule has 0 aliphatic rings. The van der Waals surface area contributed by atoms with Crippen LogP contribution in [-0.2, 0) is 11.3 Å². The van der Waals surface area contributed by atoms with Crippen molar-refractivity contribution in [3.63, 3.8) is 0 Å². The van der Waals surface area contributed by atoms with Gasteiger partial charge in [0.1, 0.15) is 12.4 Å². The largest absolute Gasteiger partial charge is 0.487 e. The Bertz CT molecular complexity index is 1780. The number of nitrogens with zero attached hydrogens (tertiary/aromatic N) is 1. The monoisotopic (exact) mass is 584 g/mol. The van der Waals surface area contributed by atoms with E-state index in [4.69, 9.17) is 9.47 Å². The van der Waals surface area contributed by atoms with E-state index in [1.165, 1.54) is 12.0 Å². The van der Waals surface area contributed by atoms with Crippen molar-refractivity contribution in [3.8, 4) is 16.9 Å². The molecule has 5 rings (SSSR count). The molecule has 0 fully saturated rings. The Labute approximate surface area is 256 Å². The van der Waals surface area contributed by atoms with Crippen LogP contribution in [0.1, 0.15) is 42.2 Å². The first-order valence-corrected chi connectivity index (χ1v) is 14.1. The molecule has 0 aliphatic heterocycles. The summed E-state index contributed by atoms with van der Waals surface area (Å²) in [5, 5.41) is 2.97. The van der Waals surface area contributed by atoms with E-state index in [9.17, 15) is 14.4 Å². The van der Waals surface area contributed by atoms with Gasteiger partial charge >= 0.3 is 5.97 Å². The van der Waals surface area contributed by atoms with Crippen molar-refractivity contribution in [2.75, 3.05) is 24.4 Å². The second-order valence-corrected chi connectivity index (χ2v) is 10.3. The molecule has 0 unspecified atom stereocenters. The van der Waals surface area contributed by atoms with Gasteiger partial charge in [0, 0.05) is 23.9 Å². The SMILES string of the molecule is COC(=O)c1ccc(COc2ccccc2N(C)C(=O)c2ccc(NC(=O)c3cc(C)ccc3-c3ccccc3)cc2)cc1. The van der Waals surface area contributed by atoms with Gasteiger partial charge < -0.3 is 19.7 Å². The number of anilines is 2. The normalized spacial score (nSPS) is 10.5. The fourth-order valence-electron chi connectivity index (χ4n) is 4.79. The quantitative estimate of drug-likeness (QED) is 0.181. The summed E-state index contributed by atoms with van der Waals surface area (Å²) in [4.78, 5) is 40.0.